The van der Waals surface area contributed by atoms with Gasteiger partial charge in [-0.1, -0.05) is 6.07 Å². The average Bonchev–Trinajstić information content (AvgIpc) is 2.27. The Balaban J connectivity index is 2.02. The lowest BCUT2D eigenvalue weighted by Gasteiger charge is -2.01. The van der Waals surface area contributed by atoms with Gasteiger partial charge in [0, 0.05) is 11.1 Å². The van der Waals surface area contributed by atoms with Crippen LogP contribution >= 0.6 is 11.8 Å². The van der Waals surface area contributed by atoms with Gasteiger partial charge in [0.25, 0.3) is 0 Å². The van der Waals surface area contributed by atoms with Crippen LogP contribution in [0.25, 0.3) is 0 Å². The van der Waals surface area contributed by atoms with Gasteiger partial charge >= 0.3 is 0 Å². The summed E-state index contributed by atoms with van der Waals surface area (Å²) in [5.41, 5.74) is 5.53. The van der Waals surface area contributed by atoms with Crippen molar-refractivity contribution in [2.45, 2.75) is 10.6 Å². The first kappa shape index (κ1) is 10.9. The maximum Gasteiger partial charge on any atom is 0.140 e. The van der Waals surface area contributed by atoms with Crippen LogP contribution in [0.2, 0.25) is 0 Å². The van der Waals surface area contributed by atoms with Crippen molar-refractivity contribution < 1.29 is 4.39 Å². The van der Waals surface area contributed by atoms with Gasteiger partial charge in [0.05, 0.1) is 5.75 Å². The van der Waals surface area contributed by atoms with Crippen LogP contribution in [-0.4, -0.2) is 9.97 Å². The molecule has 0 radical (unpaired) electrons. The van der Waals surface area contributed by atoms with Gasteiger partial charge in [-0.25, -0.2) is 14.4 Å². The Hall–Kier alpha value is -1.62. The van der Waals surface area contributed by atoms with E-state index in [4.69, 9.17) is 5.73 Å². The summed E-state index contributed by atoms with van der Waals surface area (Å²) in [6.07, 6.45) is 1.61. The Labute approximate surface area is 96.9 Å². The molecule has 2 N–H and O–H groups in total. The van der Waals surface area contributed by atoms with Crippen LogP contribution in [0.5, 0.6) is 0 Å². The zero-order chi connectivity index (χ0) is 11.4. The van der Waals surface area contributed by atoms with E-state index in [1.54, 1.807) is 18.3 Å². The third-order valence-corrected chi connectivity index (χ3v) is 2.88. The van der Waals surface area contributed by atoms with Crippen LogP contribution in [0.1, 0.15) is 5.82 Å². The van der Waals surface area contributed by atoms with Crippen molar-refractivity contribution in [3.63, 3.8) is 0 Å². The standard InChI is InChI=1S/C11H10FN3S/c12-8-2-1-3-9(6-8)16-7-11-14-5-4-10(13)15-11/h1-6H,7H2,(H2,13,14,15). The van der Waals surface area contributed by atoms with Gasteiger partial charge in [-0.05, 0) is 24.3 Å². The lowest BCUT2D eigenvalue weighted by atomic mass is 10.4. The Morgan fingerprint density at radius 1 is 1.31 bits per heavy atom. The summed E-state index contributed by atoms with van der Waals surface area (Å²) in [7, 11) is 0. The van der Waals surface area contributed by atoms with Crippen LogP contribution in [0.3, 0.4) is 0 Å². The Morgan fingerprint density at radius 2 is 2.19 bits per heavy atom. The topological polar surface area (TPSA) is 51.8 Å². The van der Waals surface area contributed by atoms with Gasteiger partial charge in [0.15, 0.2) is 0 Å². The molecule has 0 unspecified atom stereocenters. The second kappa shape index (κ2) is 4.94. The highest BCUT2D eigenvalue weighted by atomic mass is 32.2. The number of hydrogen-bond donors (Lipinski definition) is 1. The van der Waals surface area contributed by atoms with Crippen LogP contribution < -0.4 is 5.73 Å². The Kier molecular flexibility index (Phi) is 3.36. The van der Waals surface area contributed by atoms with E-state index in [1.807, 2.05) is 6.07 Å². The maximum atomic E-state index is 12.9. The molecule has 0 atom stereocenters. The number of thioether (sulfide) groups is 1. The third kappa shape index (κ3) is 2.93. The van der Waals surface area contributed by atoms with Crippen LogP contribution in [-0.2, 0) is 5.75 Å². The molecule has 0 aliphatic rings. The SMILES string of the molecule is Nc1ccnc(CSc2cccc(F)c2)n1. The van der Waals surface area contributed by atoms with E-state index >= 15 is 0 Å². The van der Waals surface area contributed by atoms with Crippen molar-refractivity contribution in [2.24, 2.45) is 0 Å². The number of nitrogen functional groups attached to an aromatic ring is 1. The monoisotopic (exact) mass is 235 g/mol. The summed E-state index contributed by atoms with van der Waals surface area (Å²) in [4.78, 5) is 8.99. The van der Waals surface area contributed by atoms with Crippen molar-refractivity contribution in [2.75, 3.05) is 5.73 Å². The Morgan fingerprint density at radius 3 is 2.94 bits per heavy atom. The molecule has 0 saturated heterocycles. The zero-order valence-corrected chi connectivity index (χ0v) is 9.25. The largest absolute Gasteiger partial charge is 0.384 e. The second-order valence-electron chi connectivity index (χ2n) is 3.14. The highest BCUT2D eigenvalue weighted by molar-refractivity contribution is 7.98. The van der Waals surface area contributed by atoms with Crippen molar-refractivity contribution in [1.29, 1.82) is 0 Å². The van der Waals surface area contributed by atoms with Gasteiger partial charge < -0.3 is 5.73 Å². The summed E-state index contributed by atoms with van der Waals surface area (Å²) in [6.45, 7) is 0. The molecule has 0 amide bonds. The minimum absolute atomic E-state index is 0.238. The molecule has 5 heteroatoms. The lowest BCUT2D eigenvalue weighted by Crippen LogP contribution is -1.96. The van der Waals surface area contributed by atoms with Gasteiger partial charge in [0.1, 0.15) is 17.5 Å². The summed E-state index contributed by atoms with van der Waals surface area (Å²) in [6, 6.07) is 8.06. The molecule has 1 aromatic heterocycles. The fourth-order valence-electron chi connectivity index (χ4n) is 1.19. The highest BCUT2D eigenvalue weighted by Gasteiger charge is 2.00. The van der Waals surface area contributed by atoms with Crippen molar-refractivity contribution in [3.05, 3.63) is 48.2 Å². The number of benzene rings is 1. The normalized spacial score (nSPS) is 10.3. The zero-order valence-electron chi connectivity index (χ0n) is 8.43. The molecule has 2 rings (SSSR count). The lowest BCUT2D eigenvalue weighted by molar-refractivity contribution is 0.624. The molecule has 1 aromatic carbocycles. The molecule has 0 spiro atoms. The first-order chi connectivity index (χ1) is 7.74. The number of anilines is 1. The van der Waals surface area contributed by atoms with E-state index in [2.05, 4.69) is 9.97 Å². The number of hydrogen-bond acceptors (Lipinski definition) is 4. The molecule has 0 saturated carbocycles. The second-order valence-corrected chi connectivity index (χ2v) is 4.19. The van der Waals surface area contributed by atoms with Crippen LogP contribution in [0.4, 0.5) is 10.2 Å². The number of aromatic nitrogens is 2. The molecular weight excluding hydrogens is 225 g/mol. The van der Waals surface area contributed by atoms with Crippen LogP contribution in [0.15, 0.2) is 41.4 Å². The number of nitrogens with zero attached hydrogens (tertiary/aromatic N) is 2. The molecule has 2 aromatic rings. The molecule has 0 aliphatic heterocycles. The average molecular weight is 235 g/mol. The van der Waals surface area contributed by atoms with Crippen LogP contribution in [0, 0.1) is 5.82 Å². The first-order valence-electron chi connectivity index (χ1n) is 4.70. The Bertz CT molecular complexity index is 445. The molecule has 3 nitrogen and oxygen atoms in total. The van der Waals surface area contributed by atoms with E-state index in [-0.39, 0.29) is 5.82 Å². The molecule has 82 valence electrons. The fourth-order valence-corrected chi connectivity index (χ4v) is 1.99. The minimum atomic E-state index is -0.238. The van der Waals surface area contributed by atoms with E-state index < -0.39 is 0 Å². The molecular formula is C11H10FN3S. The third-order valence-electron chi connectivity index (χ3n) is 1.89. The first-order valence-corrected chi connectivity index (χ1v) is 5.68. The van der Waals surface area contributed by atoms with Gasteiger partial charge in [0.2, 0.25) is 0 Å². The smallest absolute Gasteiger partial charge is 0.140 e. The van der Waals surface area contributed by atoms with E-state index in [1.165, 1.54) is 23.9 Å². The van der Waals surface area contributed by atoms with Crippen molar-refractivity contribution in [3.8, 4) is 0 Å². The van der Waals surface area contributed by atoms with Gasteiger partial charge in [-0.15, -0.1) is 11.8 Å². The molecule has 16 heavy (non-hydrogen) atoms. The summed E-state index contributed by atoms with van der Waals surface area (Å²) in [5.74, 6) is 1.44. The molecule has 1 heterocycles. The van der Waals surface area contributed by atoms with E-state index in [0.29, 0.717) is 17.4 Å². The maximum absolute atomic E-state index is 12.9. The summed E-state index contributed by atoms with van der Waals surface area (Å²) < 4.78 is 12.9. The van der Waals surface area contributed by atoms with Crippen molar-refractivity contribution >= 4 is 17.6 Å². The predicted octanol–water partition coefficient (Wildman–Crippen LogP) is 2.49. The number of nitrogens with two attached hydrogens (primary N) is 1. The molecule has 0 aliphatic carbocycles. The predicted molar refractivity (Wildman–Crippen MR) is 62.4 cm³/mol. The summed E-state index contributed by atoms with van der Waals surface area (Å²) in [5, 5.41) is 0. The summed E-state index contributed by atoms with van der Waals surface area (Å²) >= 11 is 1.48. The van der Waals surface area contributed by atoms with E-state index in [0.717, 1.165) is 4.90 Å². The van der Waals surface area contributed by atoms with Crippen molar-refractivity contribution in [1.82, 2.24) is 9.97 Å². The minimum Gasteiger partial charge on any atom is -0.384 e. The number of halogens is 1. The highest BCUT2D eigenvalue weighted by Crippen LogP contribution is 2.21. The molecule has 0 fully saturated rings. The van der Waals surface area contributed by atoms with Gasteiger partial charge in [-0.2, -0.15) is 0 Å². The van der Waals surface area contributed by atoms with Gasteiger partial charge in [-0.3, -0.25) is 0 Å². The number of rotatable bonds is 3. The fraction of sp³-hybridized carbons (Fsp3) is 0.0909. The molecule has 0 bridgehead atoms. The van der Waals surface area contributed by atoms with E-state index in [9.17, 15) is 4.39 Å². The quantitative estimate of drug-likeness (QED) is 0.830.